The Bertz CT molecular complexity index is 838. The molecule has 6 heteroatoms. The summed E-state index contributed by atoms with van der Waals surface area (Å²) >= 11 is 0. The number of anilines is 1. The normalized spacial score (nSPS) is 30.6. The van der Waals surface area contributed by atoms with Gasteiger partial charge in [-0.3, -0.25) is 9.59 Å². The molecule has 2 aliphatic heterocycles. The van der Waals surface area contributed by atoms with Gasteiger partial charge in [0, 0.05) is 30.7 Å². The molecule has 1 saturated carbocycles. The minimum Gasteiger partial charge on any atom is -0.491 e. The smallest absolute Gasteiger partial charge is 0.233 e. The standard InChI is InChI=1S/C25H36N2O4/c1-18(2)31-20-7-5-19(6-8-20)26-16-15-24(22(26)29)11-13-25(30,14-12-24)17-27-21(28)9-10-23(27,3)4/h5-8,18,30H,9-17H2,1-4H3/t24-,25+. The molecule has 2 amide bonds. The van der Waals surface area contributed by atoms with Crippen LogP contribution >= 0.6 is 0 Å². The van der Waals surface area contributed by atoms with Crippen LogP contribution in [0.1, 0.15) is 72.6 Å². The highest BCUT2D eigenvalue weighted by molar-refractivity contribution is 6.00. The predicted molar refractivity (Wildman–Crippen MR) is 120 cm³/mol. The van der Waals surface area contributed by atoms with Gasteiger partial charge in [0.15, 0.2) is 0 Å². The van der Waals surface area contributed by atoms with Gasteiger partial charge in [-0.1, -0.05) is 0 Å². The van der Waals surface area contributed by atoms with Crippen molar-refractivity contribution in [1.82, 2.24) is 4.90 Å². The molecule has 1 aliphatic carbocycles. The number of carbonyl (C=O) groups is 2. The summed E-state index contributed by atoms with van der Waals surface area (Å²) in [5.74, 6) is 1.11. The van der Waals surface area contributed by atoms with Crippen LogP contribution in [0.2, 0.25) is 0 Å². The molecular weight excluding hydrogens is 392 g/mol. The van der Waals surface area contributed by atoms with Crippen LogP contribution in [0.25, 0.3) is 0 Å². The molecule has 0 radical (unpaired) electrons. The zero-order valence-electron chi connectivity index (χ0n) is 19.3. The van der Waals surface area contributed by atoms with Crippen molar-refractivity contribution in [3.63, 3.8) is 0 Å². The Morgan fingerprint density at radius 1 is 1.00 bits per heavy atom. The van der Waals surface area contributed by atoms with Crippen LogP contribution in [0.15, 0.2) is 24.3 Å². The third-order valence-corrected chi connectivity index (χ3v) is 7.61. The molecule has 0 unspecified atom stereocenters. The lowest BCUT2D eigenvalue weighted by molar-refractivity contribution is -0.141. The zero-order chi connectivity index (χ0) is 22.4. The molecule has 1 spiro atoms. The zero-order valence-corrected chi connectivity index (χ0v) is 19.3. The van der Waals surface area contributed by atoms with Crippen molar-refractivity contribution in [2.24, 2.45) is 5.41 Å². The molecule has 1 aromatic rings. The summed E-state index contributed by atoms with van der Waals surface area (Å²) in [6.07, 6.45) is 4.81. The van der Waals surface area contributed by atoms with Crippen molar-refractivity contribution in [2.45, 2.75) is 89.9 Å². The average Bonchev–Trinajstić information content (AvgIpc) is 3.16. The second kappa shape index (κ2) is 7.80. The van der Waals surface area contributed by atoms with Gasteiger partial charge in [-0.05, 0) is 90.5 Å². The van der Waals surface area contributed by atoms with E-state index < -0.39 is 5.60 Å². The van der Waals surface area contributed by atoms with E-state index in [4.69, 9.17) is 4.74 Å². The van der Waals surface area contributed by atoms with E-state index in [1.165, 1.54) is 0 Å². The van der Waals surface area contributed by atoms with Gasteiger partial charge < -0.3 is 19.6 Å². The Kier molecular flexibility index (Phi) is 5.57. The van der Waals surface area contributed by atoms with E-state index in [1.807, 2.05) is 47.9 Å². The lowest BCUT2D eigenvalue weighted by Crippen LogP contribution is -2.53. The molecule has 4 rings (SSSR count). The van der Waals surface area contributed by atoms with Crippen LogP contribution in [-0.2, 0) is 9.59 Å². The van der Waals surface area contributed by atoms with Crippen LogP contribution in [0, 0.1) is 5.41 Å². The molecule has 6 nitrogen and oxygen atoms in total. The average molecular weight is 429 g/mol. The van der Waals surface area contributed by atoms with Gasteiger partial charge in [0.25, 0.3) is 0 Å². The molecule has 2 saturated heterocycles. The SMILES string of the molecule is CC(C)Oc1ccc(N2CC[C@]3(CC[C@@](O)(CN4C(=O)CCC4(C)C)CC3)C2=O)cc1. The molecular formula is C25H36N2O4. The summed E-state index contributed by atoms with van der Waals surface area (Å²) in [6.45, 7) is 9.21. The number of aliphatic hydroxyl groups is 1. The fourth-order valence-corrected chi connectivity index (χ4v) is 5.48. The van der Waals surface area contributed by atoms with Crippen LogP contribution in [0.4, 0.5) is 5.69 Å². The quantitative estimate of drug-likeness (QED) is 0.772. The monoisotopic (exact) mass is 428 g/mol. The van der Waals surface area contributed by atoms with Gasteiger partial charge in [0.05, 0.1) is 17.1 Å². The predicted octanol–water partition coefficient (Wildman–Crippen LogP) is 3.90. The molecule has 3 aliphatic rings. The van der Waals surface area contributed by atoms with Crippen molar-refractivity contribution < 1.29 is 19.4 Å². The highest BCUT2D eigenvalue weighted by Crippen LogP contribution is 2.49. The number of likely N-dealkylation sites (tertiary alicyclic amines) is 1. The number of benzene rings is 1. The van der Waals surface area contributed by atoms with E-state index in [2.05, 4.69) is 13.8 Å². The van der Waals surface area contributed by atoms with Gasteiger partial charge in [-0.25, -0.2) is 0 Å². The highest BCUT2D eigenvalue weighted by Gasteiger charge is 2.53. The fourth-order valence-electron chi connectivity index (χ4n) is 5.48. The molecule has 2 heterocycles. The number of amides is 2. The lowest BCUT2D eigenvalue weighted by Gasteiger charge is -2.44. The second-order valence-electron chi connectivity index (χ2n) is 10.7. The molecule has 170 valence electrons. The molecule has 31 heavy (non-hydrogen) atoms. The second-order valence-corrected chi connectivity index (χ2v) is 10.7. The minimum absolute atomic E-state index is 0.116. The van der Waals surface area contributed by atoms with Crippen LogP contribution in [0.3, 0.4) is 0 Å². The molecule has 0 atom stereocenters. The van der Waals surface area contributed by atoms with Crippen molar-refractivity contribution in [3.8, 4) is 5.75 Å². The Balaban J connectivity index is 1.41. The Morgan fingerprint density at radius 3 is 2.19 bits per heavy atom. The van der Waals surface area contributed by atoms with Crippen molar-refractivity contribution >= 4 is 17.5 Å². The van der Waals surface area contributed by atoms with E-state index in [0.717, 1.165) is 24.3 Å². The third-order valence-electron chi connectivity index (χ3n) is 7.61. The van der Waals surface area contributed by atoms with Crippen LogP contribution in [-0.4, -0.2) is 52.2 Å². The largest absolute Gasteiger partial charge is 0.491 e. The Labute approximate surface area is 185 Å². The number of β-amino-alcohol motifs (C(OH)–C–C–N with tert-alkyl or cyclic N) is 1. The van der Waals surface area contributed by atoms with Crippen LogP contribution < -0.4 is 9.64 Å². The molecule has 0 bridgehead atoms. The van der Waals surface area contributed by atoms with E-state index in [0.29, 0.717) is 45.2 Å². The first-order chi connectivity index (χ1) is 14.5. The number of carbonyl (C=O) groups excluding carboxylic acids is 2. The fraction of sp³-hybridized carbons (Fsp3) is 0.680. The maximum atomic E-state index is 13.4. The van der Waals surface area contributed by atoms with Crippen molar-refractivity contribution in [2.75, 3.05) is 18.0 Å². The molecule has 3 fully saturated rings. The van der Waals surface area contributed by atoms with E-state index in [-0.39, 0.29) is 28.9 Å². The van der Waals surface area contributed by atoms with E-state index in [1.54, 1.807) is 0 Å². The van der Waals surface area contributed by atoms with Gasteiger partial charge >= 0.3 is 0 Å². The third kappa shape index (κ3) is 4.19. The molecule has 1 aromatic carbocycles. The van der Waals surface area contributed by atoms with E-state index >= 15 is 0 Å². The van der Waals surface area contributed by atoms with Gasteiger partial charge in [0.1, 0.15) is 5.75 Å². The highest BCUT2D eigenvalue weighted by atomic mass is 16.5. The minimum atomic E-state index is -0.897. The summed E-state index contributed by atoms with van der Waals surface area (Å²) in [4.78, 5) is 29.5. The first-order valence-electron chi connectivity index (χ1n) is 11.7. The number of ether oxygens (including phenoxy) is 1. The Hall–Kier alpha value is -2.08. The number of rotatable bonds is 5. The number of nitrogens with zero attached hydrogens (tertiary/aromatic N) is 2. The topological polar surface area (TPSA) is 70.1 Å². The van der Waals surface area contributed by atoms with Crippen molar-refractivity contribution in [1.29, 1.82) is 0 Å². The molecule has 0 aromatic heterocycles. The van der Waals surface area contributed by atoms with E-state index in [9.17, 15) is 14.7 Å². The first-order valence-corrected chi connectivity index (χ1v) is 11.7. The summed E-state index contributed by atoms with van der Waals surface area (Å²) in [5.41, 5.74) is -0.577. The Morgan fingerprint density at radius 2 is 1.65 bits per heavy atom. The van der Waals surface area contributed by atoms with Gasteiger partial charge in [-0.15, -0.1) is 0 Å². The number of hydrogen-bond donors (Lipinski definition) is 1. The van der Waals surface area contributed by atoms with Gasteiger partial charge in [0.2, 0.25) is 11.8 Å². The summed E-state index contributed by atoms with van der Waals surface area (Å²) in [5, 5.41) is 11.3. The van der Waals surface area contributed by atoms with Gasteiger partial charge in [-0.2, -0.15) is 0 Å². The summed E-state index contributed by atoms with van der Waals surface area (Å²) in [6, 6.07) is 7.74. The summed E-state index contributed by atoms with van der Waals surface area (Å²) in [7, 11) is 0. The van der Waals surface area contributed by atoms with Crippen LogP contribution in [0.5, 0.6) is 5.75 Å². The van der Waals surface area contributed by atoms with Crippen molar-refractivity contribution in [3.05, 3.63) is 24.3 Å². The first kappa shape index (κ1) is 22.1. The summed E-state index contributed by atoms with van der Waals surface area (Å²) < 4.78 is 5.71. The number of hydrogen-bond acceptors (Lipinski definition) is 4. The maximum absolute atomic E-state index is 13.4. The molecule has 1 N–H and O–H groups in total. The lowest BCUT2D eigenvalue weighted by atomic mass is 9.67. The maximum Gasteiger partial charge on any atom is 0.233 e.